The summed E-state index contributed by atoms with van der Waals surface area (Å²) in [5.74, 6) is 2.67. The maximum absolute atomic E-state index is 2.49. The predicted octanol–water partition coefficient (Wildman–Crippen LogP) is 6.17. The quantitative estimate of drug-likeness (QED) is 0.545. The summed E-state index contributed by atoms with van der Waals surface area (Å²) in [6, 6.07) is 18.5. The minimum atomic E-state index is 0.117. The van der Waals surface area contributed by atoms with Crippen molar-refractivity contribution >= 4 is 5.57 Å². The van der Waals surface area contributed by atoms with Crippen LogP contribution in [0, 0.1) is 17.8 Å². The van der Waals surface area contributed by atoms with E-state index in [1.807, 2.05) is 0 Å². The second-order valence-electron chi connectivity index (χ2n) is 8.38. The SMILES string of the molecule is C[C@@H]1C2=C(C[C@@H]1C)c1ccccc1C21c2ccccc2[C@@H](C)[C@H]1C. The van der Waals surface area contributed by atoms with Gasteiger partial charge in [-0.2, -0.15) is 0 Å². The Kier molecular flexibility index (Phi) is 2.80. The maximum atomic E-state index is 2.49. The summed E-state index contributed by atoms with van der Waals surface area (Å²) in [4.78, 5) is 0. The lowest BCUT2D eigenvalue weighted by atomic mass is 9.63. The maximum Gasteiger partial charge on any atom is 0.0459 e. The van der Waals surface area contributed by atoms with Crippen LogP contribution in [0.15, 0.2) is 54.1 Å². The number of hydrogen-bond acceptors (Lipinski definition) is 0. The fourth-order valence-electron chi connectivity index (χ4n) is 6.18. The van der Waals surface area contributed by atoms with Crippen molar-refractivity contribution < 1.29 is 0 Å². The molecule has 1 unspecified atom stereocenters. The molecule has 0 amide bonds. The highest BCUT2D eigenvalue weighted by Gasteiger charge is 2.58. The van der Waals surface area contributed by atoms with Crippen molar-refractivity contribution in [3.05, 3.63) is 76.4 Å². The first kappa shape index (κ1) is 14.5. The van der Waals surface area contributed by atoms with Crippen LogP contribution in [0.2, 0.25) is 0 Å². The molecular weight excluding hydrogens is 288 g/mol. The van der Waals surface area contributed by atoms with Crippen molar-refractivity contribution in [3.63, 3.8) is 0 Å². The molecular formula is C24H26. The average Bonchev–Trinajstić information content (AvgIpc) is 3.14. The van der Waals surface area contributed by atoms with E-state index < -0.39 is 0 Å². The molecule has 3 aliphatic carbocycles. The molecule has 2 aromatic rings. The van der Waals surface area contributed by atoms with E-state index >= 15 is 0 Å². The van der Waals surface area contributed by atoms with Gasteiger partial charge < -0.3 is 0 Å². The van der Waals surface area contributed by atoms with Gasteiger partial charge in [-0.1, -0.05) is 76.2 Å². The van der Waals surface area contributed by atoms with Gasteiger partial charge in [0.15, 0.2) is 0 Å². The zero-order valence-corrected chi connectivity index (χ0v) is 15.1. The highest BCUT2D eigenvalue weighted by molar-refractivity contribution is 5.86. The predicted molar refractivity (Wildman–Crippen MR) is 101 cm³/mol. The van der Waals surface area contributed by atoms with Gasteiger partial charge in [-0.3, -0.25) is 0 Å². The highest BCUT2D eigenvalue weighted by Crippen LogP contribution is 2.67. The monoisotopic (exact) mass is 314 g/mol. The molecule has 0 fully saturated rings. The van der Waals surface area contributed by atoms with Gasteiger partial charge >= 0.3 is 0 Å². The largest absolute Gasteiger partial charge is 0.0620 e. The van der Waals surface area contributed by atoms with Crippen LogP contribution < -0.4 is 0 Å². The number of allylic oxidation sites excluding steroid dienone is 2. The lowest BCUT2D eigenvalue weighted by Crippen LogP contribution is -2.35. The third kappa shape index (κ3) is 1.42. The summed E-state index contributed by atoms with van der Waals surface area (Å²) >= 11 is 0. The Hall–Kier alpha value is -1.82. The number of hydrogen-bond donors (Lipinski definition) is 0. The Morgan fingerprint density at radius 1 is 0.792 bits per heavy atom. The van der Waals surface area contributed by atoms with Crippen molar-refractivity contribution in [2.45, 2.75) is 45.4 Å². The Balaban J connectivity index is 1.91. The minimum Gasteiger partial charge on any atom is -0.0620 e. The van der Waals surface area contributed by atoms with Crippen LogP contribution in [0.1, 0.15) is 62.3 Å². The van der Waals surface area contributed by atoms with E-state index in [9.17, 15) is 0 Å². The van der Waals surface area contributed by atoms with Gasteiger partial charge in [0.2, 0.25) is 0 Å². The Morgan fingerprint density at radius 3 is 2.25 bits per heavy atom. The number of benzene rings is 2. The molecule has 0 nitrogen and oxygen atoms in total. The normalized spacial score (nSPS) is 36.2. The molecule has 0 bridgehead atoms. The molecule has 0 heterocycles. The smallest absolute Gasteiger partial charge is 0.0459 e. The molecule has 122 valence electrons. The van der Waals surface area contributed by atoms with Gasteiger partial charge in [0, 0.05) is 5.41 Å². The van der Waals surface area contributed by atoms with E-state index in [-0.39, 0.29) is 5.41 Å². The fraction of sp³-hybridized carbons (Fsp3) is 0.417. The zero-order chi connectivity index (χ0) is 16.6. The van der Waals surface area contributed by atoms with Gasteiger partial charge in [0.05, 0.1) is 0 Å². The lowest BCUT2D eigenvalue weighted by molar-refractivity contribution is 0.347. The summed E-state index contributed by atoms with van der Waals surface area (Å²) in [6.07, 6.45) is 1.25. The molecule has 2 aromatic carbocycles. The average molecular weight is 314 g/mol. The minimum absolute atomic E-state index is 0.117. The van der Waals surface area contributed by atoms with Crippen LogP contribution in [0.25, 0.3) is 5.57 Å². The van der Waals surface area contributed by atoms with E-state index in [4.69, 9.17) is 0 Å². The van der Waals surface area contributed by atoms with E-state index in [1.54, 1.807) is 33.4 Å². The molecule has 0 saturated heterocycles. The Labute approximate surface area is 145 Å². The summed E-state index contributed by atoms with van der Waals surface area (Å²) in [7, 11) is 0. The van der Waals surface area contributed by atoms with Gasteiger partial charge in [-0.15, -0.1) is 0 Å². The number of rotatable bonds is 0. The van der Waals surface area contributed by atoms with Crippen LogP contribution in [-0.4, -0.2) is 0 Å². The summed E-state index contributed by atoms with van der Waals surface area (Å²) in [6.45, 7) is 9.84. The van der Waals surface area contributed by atoms with Crippen LogP contribution in [0.4, 0.5) is 0 Å². The first-order valence-corrected chi connectivity index (χ1v) is 9.51. The molecule has 0 aliphatic heterocycles. The Morgan fingerprint density at radius 2 is 1.46 bits per heavy atom. The second-order valence-corrected chi connectivity index (χ2v) is 8.38. The standard InChI is InChI=1S/C24H26/c1-14-13-20-19-10-6-8-12-22(19)24(23(20)15(14)2)17(4)16(3)18-9-5-7-11-21(18)24/h5-12,14-17H,13H2,1-4H3/t14-,15-,16-,17+,24?/m0/s1. The van der Waals surface area contributed by atoms with E-state index in [0.29, 0.717) is 17.8 Å². The molecule has 0 radical (unpaired) electrons. The van der Waals surface area contributed by atoms with Crippen molar-refractivity contribution in [1.82, 2.24) is 0 Å². The molecule has 0 aromatic heterocycles. The van der Waals surface area contributed by atoms with Crippen molar-refractivity contribution in [3.8, 4) is 0 Å². The molecule has 5 atom stereocenters. The van der Waals surface area contributed by atoms with Crippen molar-refractivity contribution in [1.29, 1.82) is 0 Å². The third-order valence-electron chi connectivity index (χ3n) is 7.57. The highest BCUT2D eigenvalue weighted by atomic mass is 14.6. The van der Waals surface area contributed by atoms with E-state index in [1.165, 1.54) is 6.42 Å². The number of fused-ring (bicyclic) bond motifs is 6. The molecule has 24 heavy (non-hydrogen) atoms. The zero-order valence-electron chi connectivity index (χ0n) is 15.1. The molecule has 0 heteroatoms. The van der Waals surface area contributed by atoms with Crippen molar-refractivity contribution in [2.24, 2.45) is 17.8 Å². The summed E-state index contributed by atoms with van der Waals surface area (Å²) in [5, 5.41) is 0. The van der Waals surface area contributed by atoms with Crippen LogP contribution in [0.5, 0.6) is 0 Å². The summed E-state index contributed by atoms with van der Waals surface area (Å²) < 4.78 is 0. The van der Waals surface area contributed by atoms with E-state index in [0.717, 1.165) is 5.92 Å². The van der Waals surface area contributed by atoms with Gasteiger partial charge in [-0.25, -0.2) is 0 Å². The summed E-state index contributed by atoms with van der Waals surface area (Å²) in [5.41, 5.74) is 9.81. The molecule has 3 aliphatic rings. The topological polar surface area (TPSA) is 0 Å². The van der Waals surface area contributed by atoms with Crippen LogP contribution >= 0.6 is 0 Å². The van der Waals surface area contributed by atoms with E-state index in [2.05, 4.69) is 76.2 Å². The first-order valence-electron chi connectivity index (χ1n) is 9.51. The molecule has 1 spiro atoms. The van der Waals surface area contributed by atoms with Crippen LogP contribution in [0.3, 0.4) is 0 Å². The Bertz CT molecular complexity index is 871. The molecule has 0 saturated carbocycles. The lowest BCUT2D eigenvalue weighted by Gasteiger charge is -2.39. The first-order chi connectivity index (χ1) is 11.6. The third-order valence-corrected chi connectivity index (χ3v) is 7.57. The second kappa shape index (κ2) is 4.63. The van der Waals surface area contributed by atoms with Crippen molar-refractivity contribution in [2.75, 3.05) is 0 Å². The fourth-order valence-corrected chi connectivity index (χ4v) is 6.18. The van der Waals surface area contributed by atoms with Crippen LogP contribution in [-0.2, 0) is 5.41 Å². The van der Waals surface area contributed by atoms with Gasteiger partial charge in [0.1, 0.15) is 0 Å². The molecule has 0 N–H and O–H groups in total. The van der Waals surface area contributed by atoms with Gasteiger partial charge in [0.25, 0.3) is 0 Å². The van der Waals surface area contributed by atoms with Gasteiger partial charge in [-0.05, 0) is 63.5 Å². The molecule has 5 rings (SSSR count).